The van der Waals surface area contributed by atoms with E-state index in [4.69, 9.17) is 10.8 Å². The summed E-state index contributed by atoms with van der Waals surface area (Å²) in [5.41, 5.74) is 5.10. The summed E-state index contributed by atoms with van der Waals surface area (Å²) in [7, 11) is -4.31. The molecule has 1 rings (SSSR count). The van der Waals surface area contributed by atoms with Gasteiger partial charge in [-0.15, -0.1) is 0 Å². The molecule has 5 nitrogen and oxygen atoms in total. The number of halogens is 3. The Bertz CT molecular complexity index is 514. The number of aliphatic hydroxyl groups excluding tert-OH is 1. The van der Waals surface area contributed by atoms with E-state index in [1.54, 1.807) is 4.72 Å². The molecule has 0 fully saturated rings. The molecule has 0 bridgehead atoms. The van der Waals surface area contributed by atoms with Gasteiger partial charge in [0.2, 0.25) is 10.0 Å². The number of aliphatic hydroxyl groups is 1. The molecule has 0 saturated heterocycles. The Morgan fingerprint density at radius 3 is 2.44 bits per heavy atom. The maximum absolute atomic E-state index is 12.9. The van der Waals surface area contributed by atoms with Crippen LogP contribution >= 0.6 is 0 Å². The zero-order valence-corrected chi connectivity index (χ0v) is 9.85. The number of hydrogen-bond acceptors (Lipinski definition) is 4. The molecule has 102 valence electrons. The molecule has 0 saturated carbocycles. The lowest BCUT2D eigenvalue weighted by Crippen LogP contribution is -2.38. The molecule has 9 heteroatoms. The predicted octanol–water partition coefficient (Wildman–Crippen LogP) is 0.314. The molecule has 0 spiro atoms. The first-order valence-corrected chi connectivity index (χ1v) is 6.19. The van der Waals surface area contributed by atoms with Crippen LogP contribution in [-0.2, 0) is 10.0 Å². The number of nitrogens with one attached hydrogen (secondary N) is 1. The van der Waals surface area contributed by atoms with Crippen molar-refractivity contribution in [1.29, 1.82) is 0 Å². The highest BCUT2D eigenvalue weighted by Crippen LogP contribution is 2.17. The van der Waals surface area contributed by atoms with Crippen LogP contribution in [0, 0.1) is 5.82 Å². The largest absolute Gasteiger partial charge is 0.399 e. The fourth-order valence-corrected chi connectivity index (χ4v) is 2.21. The quantitative estimate of drug-likeness (QED) is 0.679. The van der Waals surface area contributed by atoms with Crippen LogP contribution in [0.2, 0.25) is 0 Å². The van der Waals surface area contributed by atoms with Crippen LogP contribution in [0.25, 0.3) is 0 Å². The molecule has 0 unspecified atom stereocenters. The Labute approximate surface area is 101 Å². The van der Waals surface area contributed by atoms with Gasteiger partial charge in [0.1, 0.15) is 12.4 Å². The van der Waals surface area contributed by atoms with Crippen LogP contribution in [0.5, 0.6) is 0 Å². The third-order valence-electron chi connectivity index (χ3n) is 1.96. The standard InChI is InChI=1S/C9H11F3N2O3S/c10-6-1-7(13)3-8(2-6)18(16,17)14-4-9(11,12)5-15/h1-3,14-15H,4-5,13H2. The van der Waals surface area contributed by atoms with Gasteiger partial charge in [0, 0.05) is 5.69 Å². The van der Waals surface area contributed by atoms with E-state index < -0.39 is 39.8 Å². The van der Waals surface area contributed by atoms with E-state index >= 15 is 0 Å². The number of hydrogen-bond donors (Lipinski definition) is 3. The molecule has 0 heterocycles. The molecule has 18 heavy (non-hydrogen) atoms. The lowest BCUT2D eigenvalue weighted by Gasteiger charge is -2.14. The van der Waals surface area contributed by atoms with Gasteiger partial charge in [-0.1, -0.05) is 0 Å². The Morgan fingerprint density at radius 1 is 1.33 bits per heavy atom. The van der Waals surface area contributed by atoms with Crippen LogP contribution in [-0.4, -0.2) is 32.6 Å². The van der Waals surface area contributed by atoms with Gasteiger partial charge >= 0.3 is 0 Å². The minimum Gasteiger partial charge on any atom is -0.399 e. The summed E-state index contributed by atoms with van der Waals surface area (Å²) in [6.07, 6.45) is 0. The number of rotatable bonds is 5. The van der Waals surface area contributed by atoms with Gasteiger partial charge in [0.05, 0.1) is 11.4 Å². The van der Waals surface area contributed by atoms with E-state index in [1.165, 1.54) is 0 Å². The van der Waals surface area contributed by atoms with Crippen molar-refractivity contribution in [1.82, 2.24) is 4.72 Å². The lowest BCUT2D eigenvalue weighted by molar-refractivity contribution is -0.0437. The molecular formula is C9H11F3N2O3S. The van der Waals surface area contributed by atoms with Gasteiger partial charge in [-0.05, 0) is 18.2 Å². The molecular weight excluding hydrogens is 273 g/mol. The summed E-state index contributed by atoms with van der Waals surface area (Å²) < 4.78 is 63.0. The molecule has 4 N–H and O–H groups in total. The fraction of sp³-hybridized carbons (Fsp3) is 0.333. The zero-order valence-electron chi connectivity index (χ0n) is 9.03. The zero-order chi connectivity index (χ0) is 14.0. The summed E-state index contributed by atoms with van der Waals surface area (Å²) in [6, 6.07) is 2.47. The summed E-state index contributed by atoms with van der Waals surface area (Å²) in [5.74, 6) is -4.49. The number of alkyl halides is 2. The van der Waals surface area contributed by atoms with Crippen LogP contribution in [0.15, 0.2) is 23.1 Å². The summed E-state index contributed by atoms with van der Waals surface area (Å²) in [5, 5.41) is 8.28. The molecule has 0 radical (unpaired) electrons. The smallest absolute Gasteiger partial charge is 0.283 e. The van der Waals surface area contributed by atoms with Crippen molar-refractivity contribution in [3.05, 3.63) is 24.0 Å². The van der Waals surface area contributed by atoms with Gasteiger partial charge in [0.25, 0.3) is 5.92 Å². The number of anilines is 1. The normalized spacial score (nSPS) is 12.7. The maximum atomic E-state index is 12.9. The molecule has 1 aromatic rings. The lowest BCUT2D eigenvalue weighted by atomic mass is 10.3. The average molecular weight is 284 g/mol. The highest BCUT2D eigenvalue weighted by atomic mass is 32.2. The topological polar surface area (TPSA) is 92.4 Å². The van der Waals surface area contributed by atoms with E-state index in [1.807, 2.05) is 0 Å². The monoisotopic (exact) mass is 284 g/mol. The minimum atomic E-state index is -4.31. The first-order chi connectivity index (χ1) is 8.16. The Morgan fingerprint density at radius 2 is 1.94 bits per heavy atom. The molecule has 0 amide bonds. The van der Waals surface area contributed by atoms with Gasteiger partial charge in [-0.2, -0.15) is 0 Å². The maximum Gasteiger partial charge on any atom is 0.283 e. The van der Waals surface area contributed by atoms with Gasteiger partial charge in [0.15, 0.2) is 0 Å². The summed E-state index contributed by atoms with van der Waals surface area (Å²) >= 11 is 0. The molecule has 0 atom stereocenters. The Kier molecular flexibility index (Phi) is 4.20. The van der Waals surface area contributed by atoms with Crippen molar-refractivity contribution in [2.45, 2.75) is 10.8 Å². The Balaban J connectivity index is 2.93. The molecule has 0 aliphatic carbocycles. The average Bonchev–Trinajstić information content (AvgIpc) is 2.25. The molecule has 0 aliphatic rings. The number of nitrogens with two attached hydrogens (primary N) is 1. The van der Waals surface area contributed by atoms with Crippen molar-refractivity contribution >= 4 is 15.7 Å². The predicted molar refractivity (Wildman–Crippen MR) is 58.0 cm³/mol. The summed E-state index contributed by atoms with van der Waals surface area (Å²) in [4.78, 5) is -0.561. The first-order valence-electron chi connectivity index (χ1n) is 4.71. The van der Waals surface area contributed by atoms with Crippen molar-refractivity contribution in [3.8, 4) is 0 Å². The highest BCUT2D eigenvalue weighted by Gasteiger charge is 2.30. The highest BCUT2D eigenvalue weighted by molar-refractivity contribution is 7.89. The van der Waals surface area contributed by atoms with Crippen molar-refractivity contribution in [3.63, 3.8) is 0 Å². The molecule has 0 aliphatic heterocycles. The second-order valence-corrected chi connectivity index (χ2v) is 5.33. The second-order valence-electron chi connectivity index (χ2n) is 3.56. The van der Waals surface area contributed by atoms with Crippen LogP contribution < -0.4 is 10.5 Å². The first kappa shape index (κ1) is 14.7. The van der Waals surface area contributed by atoms with E-state index in [0.717, 1.165) is 12.1 Å². The third-order valence-corrected chi connectivity index (χ3v) is 3.34. The van der Waals surface area contributed by atoms with Crippen LogP contribution in [0.3, 0.4) is 0 Å². The second kappa shape index (κ2) is 5.12. The van der Waals surface area contributed by atoms with Gasteiger partial charge in [-0.25, -0.2) is 26.3 Å². The van der Waals surface area contributed by atoms with Crippen LogP contribution in [0.1, 0.15) is 0 Å². The van der Waals surface area contributed by atoms with Gasteiger partial charge in [-0.3, -0.25) is 0 Å². The van der Waals surface area contributed by atoms with E-state index in [0.29, 0.717) is 6.07 Å². The fourth-order valence-electron chi connectivity index (χ4n) is 1.08. The van der Waals surface area contributed by atoms with Gasteiger partial charge < -0.3 is 10.8 Å². The van der Waals surface area contributed by atoms with Crippen molar-refractivity contribution in [2.75, 3.05) is 18.9 Å². The van der Waals surface area contributed by atoms with Crippen molar-refractivity contribution < 1.29 is 26.7 Å². The third kappa shape index (κ3) is 3.86. The van der Waals surface area contributed by atoms with Crippen LogP contribution in [0.4, 0.5) is 18.9 Å². The summed E-state index contributed by atoms with van der Waals surface area (Å²) in [6.45, 7) is -2.79. The Hall–Kier alpha value is -1.32. The van der Waals surface area contributed by atoms with E-state index in [-0.39, 0.29) is 5.69 Å². The van der Waals surface area contributed by atoms with E-state index in [2.05, 4.69) is 0 Å². The van der Waals surface area contributed by atoms with E-state index in [9.17, 15) is 21.6 Å². The minimum absolute atomic E-state index is 0.149. The number of benzene rings is 1. The van der Waals surface area contributed by atoms with Crippen molar-refractivity contribution in [2.24, 2.45) is 0 Å². The molecule has 1 aromatic carbocycles. The SMILES string of the molecule is Nc1cc(F)cc(S(=O)(=O)NCC(F)(F)CO)c1. The number of sulfonamides is 1. The molecule has 0 aromatic heterocycles. The number of nitrogen functional groups attached to an aromatic ring is 1.